The fourth-order valence-corrected chi connectivity index (χ4v) is 2.98. The molecule has 0 amide bonds. The molecule has 21 heavy (non-hydrogen) atoms. The van der Waals surface area contributed by atoms with Gasteiger partial charge in [0.25, 0.3) is 15.7 Å². The van der Waals surface area contributed by atoms with Crippen LogP contribution in [0.2, 0.25) is 0 Å². The summed E-state index contributed by atoms with van der Waals surface area (Å²) >= 11 is 0. The third-order valence-corrected chi connectivity index (χ3v) is 4.23. The average Bonchev–Trinajstić information content (AvgIpc) is 2.79. The molecule has 0 saturated heterocycles. The number of anilines is 1. The minimum atomic E-state index is -3.86. The number of hydrogen-bond acceptors (Lipinski definition) is 5. The highest BCUT2D eigenvalue weighted by molar-refractivity contribution is 7.92. The van der Waals surface area contributed by atoms with Gasteiger partial charge in [-0.25, -0.2) is 4.98 Å². The maximum absolute atomic E-state index is 12.2. The molecule has 1 aromatic carbocycles. The predicted molar refractivity (Wildman–Crippen MR) is 76.7 cm³/mol. The molecule has 9 heteroatoms. The van der Waals surface area contributed by atoms with Gasteiger partial charge in [-0.05, 0) is 32.4 Å². The van der Waals surface area contributed by atoms with E-state index < -0.39 is 14.9 Å². The molecule has 0 radical (unpaired) electrons. The van der Waals surface area contributed by atoms with Crippen LogP contribution in [0.25, 0.3) is 0 Å². The van der Waals surface area contributed by atoms with E-state index in [1.165, 1.54) is 12.3 Å². The number of H-pyrrole nitrogens is 1. The van der Waals surface area contributed by atoms with Crippen LogP contribution in [0.1, 0.15) is 17.0 Å². The lowest BCUT2D eigenvalue weighted by molar-refractivity contribution is -0.385. The van der Waals surface area contributed by atoms with Crippen molar-refractivity contribution in [3.05, 3.63) is 45.4 Å². The Morgan fingerprint density at radius 1 is 1.24 bits per heavy atom. The number of sulfonamides is 1. The summed E-state index contributed by atoms with van der Waals surface area (Å²) in [6.07, 6.45) is 1.19. The Balaban J connectivity index is 2.44. The van der Waals surface area contributed by atoms with E-state index in [0.717, 1.165) is 0 Å². The SMILES string of the molecule is Cc1ncc(S(=O)(=O)Nc2cc([N+](=O)[O-])c(C)cc2C)[nH]1. The van der Waals surface area contributed by atoms with Crippen LogP contribution in [-0.4, -0.2) is 23.3 Å². The van der Waals surface area contributed by atoms with Gasteiger partial charge >= 0.3 is 0 Å². The number of nitrogens with zero attached hydrogens (tertiary/aromatic N) is 2. The first-order chi connectivity index (χ1) is 9.70. The minimum absolute atomic E-state index is 0.0948. The molecule has 8 nitrogen and oxygen atoms in total. The molecule has 1 aromatic heterocycles. The van der Waals surface area contributed by atoms with Crippen LogP contribution in [0, 0.1) is 30.9 Å². The summed E-state index contributed by atoms with van der Waals surface area (Å²) in [6, 6.07) is 2.78. The first kappa shape index (κ1) is 15.0. The number of aromatic nitrogens is 2. The molecule has 0 saturated carbocycles. The third-order valence-electron chi connectivity index (χ3n) is 2.95. The number of aryl methyl sites for hydroxylation is 3. The van der Waals surface area contributed by atoms with Gasteiger partial charge in [0.1, 0.15) is 5.82 Å². The maximum Gasteiger partial charge on any atom is 0.278 e. The molecule has 0 bridgehead atoms. The molecule has 0 fully saturated rings. The largest absolute Gasteiger partial charge is 0.332 e. The van der Waals surface area contributed by atoms with E-state index >= 15 is 0 Å². The summed E-state index contributed by atoms with van der Waals surface area (Å²) in [5.41, 5.74) is 1.09. The van der Waals surface area contributed by atoms with Gasteiger partial charge in [0, 0.05) is 11.6 Å². The van der Waals surface area contributed by atoms with E-state index in [1.54, 1.807) is 26.8 Å². The Hall–Kier alpha value is -2.42. The molecular formula is C12H14N4O4S. The molecular weight excluding hydrogens is 296 g/mol. The monoisotopic (exact) mass is 310 g/mol. The van der Waals surface area contributed by atoms with Crippen molar-refractivity contribution in [1.82, 2.24) is 9.97 Å². The first-order valence-corrected chi connectivity index (χ1v) is 7.49. The van der Waals surface area contributed by atoms with E-state index in [1.807, 2.05) is 0 Å². The van der Waals surface area contributed by atoms with E-state index in [-0.39, 0.29) is 16.4 Å². The highest BCUT2D eigenvalue weighted by atomic mass is 32.2. The van der Waals surface area contributed by atoms with Gasteiger partial charge in [0.15, 0.2) is 5.03 Å². The summed E-state index contributed by atoms with van der Waals surface area (Å²) in [7, 11) is -3.86. The quantitative estimate of drug-likeness (QED) is 0.661. The highest BCUT2D eigenvalue weighted by Gasteiger charge is 2.20. The summed E-state index contributed by atoms with van der Waals surface area (Å²) < 4.78 is 26.7. The number of imidazole rings is 1. The Morgan fingerprint density at radius 2 is 1.90 bits per heavy atom. The normalized spacial score (nSPS) is 11.4. The molecule has 0 spiro atoms. The van der Waals surface area contributed by atoms with Crippen molar-refractivity contribution >= 4 is 21.4 Å². The lowest BCUT2D eigenvalue weighted by atomic mass is 10.1. The minimum Gasteiger partial charge on any atom is -0.332 e. The van der Waals surface area contributed by atoms with Crippen molar-refractivity contribution in [3.63, 3.8) is 0 Å². The molecule has 2 rings (SSSR count). The highest BCUT2D eigenvalue weighted by Crippen LogP contribution is 2.27. The van der Waals surface area contributed by atoms with Crippen molar-refractivity contribution in [3.8, 4) is 0 Å². The molecule has 0 aliphatic rings. The zero-order chi connectivity index (χ0) is 15.8. The summed E-state index contributed by atoms with van der Waals surface area (Å²) in [6.45, 7) is 4.90. The molecule has 0 aliphatic heterocycles. The number of hydrogen-bond donors (Lipinski definition) is 2. The lowest BCUT2D eigenvalue weighted by Crippen LogP contribution is -2.14. The van der Waals surface area contributed by atoms with Gasteiger partial charge in [-0.15, -0.1) is 0 Å². The Bertz CT molecular complexity index is 811. The van der Waals surface area contributed by atoms with Crippen LogP contribution in [-0.2, 0) is 10.0 Å². The van der Waals surface area contributed by atoms with Crippen LogP contribution in [0.4, 0.5) is 11.4 Å². The van der Waals surface area contributed by atoms with Crippen molar-refractivity contribution in [2.45, 2.75) is 25.8 Å². The zero-order valence-corrected chi connectivity index (χ0v) is 12.5. The number of benzene rings is 1. The van der Waals surface area contributed by atoms with E-state index in [2.05, 4.69) is 14.7 Å². The average molecular weight is 310 g/mol. The smallest absolute Gasteiger partial charge is 0.278 e. The van der Waals surface area contributed by atoms with E-state index in [9.17, 15) is 18.5 Å². The van der Waals surface area contributed by atoms with Crippen molar-refractivity contribution in [1.29, 1.82) is 0 Å². The van der Waals surface area contributed by atoms with Gasteiger partial charge in [-0.1, -0.05) is 0 Å². The summed E-state index contributed by atoms with van der Waals surface area (Å²) in [5, 5.41) is 10.8. The molecule has 2 N–H and O–H groups in total. The Kier molecular flexibility index (Phi) is 3.69. The topological polar surface area (TPSA) is 118 Å². The molecule has 112 valence electrons. The van der Waals surface area contributed by atoms with Crippen LogP contribution in [0.3, 0.4) is 0 Å². The van der Waals surface area contributed by atoms with Gasteiger partial charge in [-0.3, -0.25) is 14.8 Å². The summed E-state index contributed by atoms with van der Waals surface area (Å²) in [4.78, 5) is 16.8. The van der Waals surface area contributed by atoms with Gasteiger partial charge in [-0.2, -0.15) is 8.42 Å². The predicted octanol–water partition coefficient (Wildman–Crippen LogP) is 2.04. The van der Waals surface area contributed by atoms with Crippen molar-refractivity contribution < 1.29 is 13.3 Å². The third kappa shape index (κ3) is 3.02. The number of nitrogens with one attached hydrogen (secondary N) is 2. The molecule has 0 unspecified atom stereocenters. The number of aromatic amines is 1. The fraction of sp³-hybridized carbons (Fsp3) is 0.250. The van der Waals surface area contributed by atoms with Crippen molar-refractivity contribution in [2.24, 2.45) is 0 Å². The second kappa shape index (κ2) is 5.17. The lowest BCUT2D eigenvalue weighted by Gasteiger charge is -2.10. The standard InChI is InChI=1S/C12H14N4O4S/c1-7-4-8(2)11(16(17)18)5-10(7)15-21(19,20)12-6-13-9(3)14-12/h4-6,15H,1-3H3,(H,13,14). The second-order valence-corrected chi connectivity index (χ2v) is 6.30. The molecule has 0 aliphatic carbocycles. The number of rotatable bonds is 4. The van der Waals surface area contributed by atoms with Gasteiger partial charge in [0.05, 0.1) is 16.8 Å². The van der Waals surface area contributed by atoms with Crippen molar-refractivity contribution in [2.75, 3.05) is 4.72 Å². The van der Waals surface area contributed by atoms with E-state index in [0.29, 0.717) is 17.0 Å². The molecule has 1 heterocycles. The van der Waals surface area contributed by atoms with Gasteiger partial charge < -0.3 is 4.98 Å². The van der Waals surface area contributed by atoms with E-state index in [4.69, 9.17) is 0 Å². The molecule has 2 aromatic rings. The zero-order valence-electron chi connectivity index (χ0n) is 11.7. The first-order valence-electron chi connectivity index (χ1n) is 6.01. The second-order valence-electron chi connectivity index (χ2n) is 4.65. The fourth-order valence-electron chi connectivity index (χ4n) is 1.88. The van der Waals surface area contributed by atoms with Gasteiger partial charge in [0.2, 0.25) is 0 Å². The maximum atomic E-state index is 12.2. The Morgan fingerprint density at radius 3 is 2.43 bits per heavy atom. The number of nitro groups is 1. The Labute approximate surface area is 121 Å². The van der Waals surface area contributed by atoms with Crippen LogP contribution >= 0.6 is 0 Å². The molecule has 0 atom stereocenters. The summed E-state index contributed by atoms with van der Waals surface area (Å²) in [5.74, 6) is 0.460. The van der Waals surface area contributed by atoms with Crippen LogP contribution in [0.15, 0.2) is 23.4 Å². The number of nitro benzene ring substituents is 1. The van der Waals surface area contributed by atoms with Crippen LogP contribution in [0.5, 0.6) is 0 Å². The van der Waals surface area contributed by atoms with Crippen LogP contribution < -0.4 is 4.72 Å².